The van der Waals surface area contributed by atoms with E-state index in [1.165, 1.54) is 25.3 Å². The number of rotatable bonds is 5. The molecule has 0 saturated heterocycles. The highest BCUT2D eigenvalue weighted by atomic mass is 35.5. The van der Waals surface area contributed by atoms with Gasteiger partial charge in [-0.25, -0.2) is 0 Å². The van der Waals surface area contributed by atoms with Crippen LogP contribution in [-0.2, 0) is 4.79 Å². The Labute approximate surface area is 141 Å². The molecule has 1 heterocycles. The Kier molecular flexibility index (Phi) is 5.36. The lowest BCUT2D eigenvalue weighted by molar-refractivity contribution is -0.390. The fraction of sp³-hybridized carbons (Fsp3) is 0.143. The first-order chi connectivity index (χ1) is 10.9. The second-order valence-electron chi connectivity index (χ2n) is 4.43. The SMILES string of the molecule is CC(Oc1cccnc1[N+](=O)[O-])C(=O)Nc1cccc(Cl)c1Cl. The lowest BCUT2D eigenvalue weighted by atomic mass is 10.3. The van der Waals surface area contributed by atoms with E-state index in [1.807, 2.05) is 0 Å². The zero-order chi connectivity index (χ0) is 17.0. The Hall–Kier alpha value is -2.38. The molecule has 1 amide bonds. The molecule has 0 spiro atoms. The summed E-state index contributed by atoms with van der Waals surface area (Å²) in [5, 5.41) is 13.9. The van der Waals surface area contributed by atoms with Gasteiger partial charge in [0.1, 0.15) is 6.20 Å². The zero-order valence-electron chi connectivity index (χ0n) is 11.8. The summed E-state index contributed by atoms with van der Waals surface area (Å²) in [5.41, 5.74) is 0.320. The monoisotopic (exact) mass is 355 g/mol. The van der Waals surface area contributed by atoms with Gasteiger partial charge >= 0.3 is 5.82 Å². The minimum absolute atomic E-state index is 0.0997. The van der Waals surface area contributed by atoms with Crippen molar-refractivity contribution in [2.75, 3.05) is 5.32 Å². The molecular formula is C14H11Cl2N3O4. The molecule has 1 N–H and O–H groups in total. The van der Waals surface area contributed by atoms with E-state index in [9.17, 15) is 14.9 Å². The van der Waals surface area contributed by atoms with Gasteiger partial charge in [-0.2, -0.15) is 0 Å². The largest absolute Gasteiger partial charge is 0.473 e. The fourth-order valence-electron chi connectivity index (χ4n) is 1.69. The van der Waals surface area contributed by atoms with E-state index in [1.54, 1.807) is 18.2 Å². The summed E-state index contributed by atoms with van der Waals surface area (Å²) >= 11 is 11.8. The summed E-state index contributed by atoms with van der Waals surface area (Å²) in [5.74, 6) is -1.10. The molecule has 7 nitrogen and oxygen atoms in total. The number of amides is 1. The number of carbonyl (C=O) groups is 1. The van der Waals surface area contributed by atoms with Crippen LogP contribution in [0.4, 0.5) is 11.5 Å². The summed E-state index contributed by atoms with van der Waals surface area (Å²) in [4.78, 5) is 25.9. The number of anilines is 1. The van der Waals surface area contributed by atoms with E-state index in [0.717, 1.165) is 0 Å². The highest BCUT2D eigenvalue weighted by Crippen LogP contribution is 2.30. The van der Waals surface area contributed by atoms with Crippen molar-refractivity contribution < 1.29 is 14.5 Å². The van der Waals surface area contributed by atoms with E-state index < -0.39 is 22.8 Å². The van der Waals surface area contributed by atoms with Gasteiger partial charge < -0.3 is 20.2 Å². The number of ether oxygens (including phenoxy) is 1. The van der Waals surface area contributed by atoms with Crippen molar-refractivity contribution in [3.63, 3.8) is 0 Å². The van der Waals surface area contributed by atoms with Crippen LogP contribution in [0.5, 0.6) is 5.75 Å². The van der Waals surface area contributed by atoms with Gasteiger partial charge in [-0.15, -0.1) is 0 Å². The summed E-state index contributed by atoms with van der Waals surface area (Å²) < 4.78 is 5.32. The predicted molar refractivity (Wildman–Crippen MR) is 86.1 cm³/mol. The number of halogens is 2. The van der Waals surface area contributed by atoms with Crippen LogP contribution in [0.2, 0.25) is 10.0 Å². The third kappa shape index (κ3) is 4.08. The molecule has 2 rings (SSSR count). The lowest BCUT2D eigenvalue weighted by Crippen LogP contribution is -2.30. The minimum atomic E-state index is -1.01. The lowest BCUT2D eigenvalue weighted by Gasteiger charge is -2.15. The summed E-state index contributed by atoms with van der Waals surface area (Å²) in [6.07, 6.45) is 0.259. The molecule has 9 heteroatoms. The molecule has 1 aromatic carbocycles. The van der Waals surface area contributed by atoms with Crippen LogP contribution in [0.3, 0.4) is 0 Å². The number of aromatic nitrogens is 1. The van der Waals surface area contributed by atoms with E-state index in [2.05, 4.69) is 10.3 Å². The van der Waals surface area contributed by atoms with E-state index in [4.69, 9.17) is 27.9 Å². The van der Waals surface area contributed by atoms with Gasteiger partial charge in [0.25, 0.3) is 5.91 Å². The van der Waals surface area contributed by atoms with Gasteiger partial charge in [-0.3, -0.25) is 4.79 Å². The molecule has 0 aliphatic heterocycles. The minimum Gasteiger partial charge on any atom is -0.473 e. The summed E-state index contributed by atoms with van der Waals surface area (Å²) in [6, 6.07) is 7.62. The van der Waals surface area contributed by atoms with Gasteiger partial charge in [0.05, 0.1) is 15.7 Å². The van der Waals surface area contributed by atoms with E-state index in [0.29, 0.717) is 10.7 Å². The topological polar surface area (TPSA) is 94.4 Å². The molecule has 120 valence electrons. The van der Waals surface area contributed by atoms with Crippen molar-refractivity contribution >= 4 is 40.6 Å². The fourth-order valence-corrected chi connectivity index (χ4v) is 2.04. The number of carbonyl (C=O) groups excluding carboxylic acids is 1. The molecule has 0 aliphatic rings. The van der Waals surface area contributed by atoms with Gasteiger partial charge in [0.15, 0.2) is 6.10 Å². The molecule has 23 heavy (non-hydrogen) atoms. The highest BCUT2D eigenvalue weighted by molar-refractivity contribution is 6.44. The van der Waals surface area contributed by atoms with E-state index >= 15 is 0 Å². The highest BCUT2D eigenvalue weighted by Gasteiger charge is 2.22. The van der Waals surface area contributed by atoms with Crippen molar-refractivity contribution in [1.29, 1.82) is 0 Å². The molecule has 2 aromatic rings. The van der Waals surface area contributed by atoms with Gasteiger partial charge in [-0.05, 0) is 41.1 Å². The normalized spacial score (nSPS) is 11.6. The first-order valence-electron chi connectivity index (χ1n) is 6.41. The quantitative estimate of drug-likeness (QED) is 0.651. The molecule has 1 atom stereocenters. The number of nitrogens with one attached hydrogen (secondary N) is 1. The van der Waals surface area contributed by atoms with Gasteiger partial charge in [-0.1, -0.05) is 29.3 Å². The Morgan fingerprint density at radius 3 is 2.78 bits per heavy atom. The number of hydrogen-bond acceptors (Lipinski definition) is 5. The second kappa shape index (κ2) is 7.26. The van der Waals surface area contributed by atoms with Gasteiger partial charge in [0.2, 0.25) is 5.75 Å². The van der Waals surface area contributed by atoms with Crippen LogP contribution in [0.1, 0.15) is 6.92 Å². The molecular weight excluding hydrogens is 345 g/mol. The number of pyridine rings is 1. The molecule has 1 aromatic heterocycles. The first-order valence-corrected chi connectivity index (χ1v) is 7.16. The Bertz CT molecular complexity index is 755. The number of nitro groups is 1. The maximum atomic E-state index is 12.1. The Morgan fingerprint density at radius 2 is 2.09 bits per heavy atom. The molecule has 0 fully saturated rings. The summed E-state index contributed by atoms with van der Waals surface area (Å²) in [6.45, 7) is 1.45. The van der Waals surface area contributed by atoms with Crippen LogP contribution in [-0.4, -0.2) is 21.9 Å². The molecule has 0 aliphatic carbocycles. The molecule has 1 unspecified atom stereocenters. The van der Waals surface area contributed by atoms with E-state index in [-0.39, 0.29) is 10.8 Å². The average molecular weight is 356 g/mol. The first kappa shape index (κ1) is 17.0. The van der Waals surface area contributed by atoms with Crippen molar-refractivity contribution in [3.8, 4) is 5.75 Å². The van der Waals surface area contributed by atoms with Gasteiger partial charge in [0, 0.05) is 0 Å². The van der Waals surface area contributed by atoms with Crippen LogP contribution in [0.25, 0.3) is 0 Å². The zero-order valence-corrected chi connectivity index (χ0v) is 13.3. The smallest absolute Gasteiger partial charge is 0.406 e. The van der Waals surface area contributed by atoms with Crippen molar-refractivity contribution in [2.24, 2.45) is 0 Å². The maximum absolute atomic E-state index is 12.1. The predicted octanol–water partition coefficient (Wildman–Crippen LogP) is 3.70. The van der Waals surface area contributed by atoms with Crippen LogP contribution in [0, 0.1) is 10.1 Å². The standard InChI is InChI=1S/C14H11Cl2N3O4/c1-8(23-11-6-3-7-17-13(11)19(21)22)14(20)18-10-5-2-4-9(15)12(10)16/h2-8H,1H3,(H,18,20). The summed E-state index contributed by atoms with van der Waals surface area (Å²) in [7, 11) is 0. The Morgan fingerprint density at radius 1 is 1.35 bits per heavy atom. The average Bonchev–Trinajstić information content (AvgIpc) is 2.52. The number of hydrogen-bond donors (Lipinski definition) is 1. The second-order valence-corrected chi connectivity index (χ2v) is 5.22. The van der Waals surface area contributed by atoms with Crippen molar-refractivity contribution in [3.05, 3.63) is 56.7 Å². The maximum Gasteiger partial charge on any atom is 0.406 e. The third-order valence-corrected chi connectivity index (χ3v) is 3.63. The van der Waals surface area contributed by atoms with Crippen molar-refractivity contribution in [1.82, 2.24) is 4.98 Å². The van der Waals surface area contributed by atoms with Crippen LogP contribution >= 0.6 is 23.2 Å². The van der Waals surface area contributed by atoms with Crippen LogP contribution < -0.4 is 10.1 Å². The molecule has 0 bridgehead atoms. The Balaban J connectivity index is 2.12. The van der Waals surface area contributed by atoms with Crippen molar-refractivity contribution in [2.45, 2.75) is 13.0 Å². The van der Waals surface area contributed by atoms with Crippen LogP contribution in [0.15, 0.2) is 36.5 Å². The number of nitrogens with zero attached hydrogens (tertiary/aromatic N) is 2. The third-order valence-electron chi connectivity index (χ3n) is 2.81. The number of benzene rings is 1. The molecule has 0 saturated carbocycles. The molecule has 0 radical (unpaired) electrons.